The van der Waals surface area contributed by atoms with Crippen molar-refractivity contribution in [2.45, 2.75) is 26.3 Å². The summed E-state index contributed by atoms with van der Waals surface area (Å²) in [5, 5.41) is 10.9. The Hall–Kier alpha value is -2.05. The van der Waals surface area contributed by atoms with Crippen LogP contribution < -0.4 is 0 Å². The number of allylic oxidation sites excluding steroid dienone is 1. The Morgan fingerprint density at radius 2 is 2.11 bits per heavy atom. The summed E-state index contributed by atoms with van der Waals surface area (Å²) in [6.07, 6.45) is 2.47. The third-order valence-electron chi connectivity index (χ3n) is 2.53. The van der Waals surface area contributed by atoms with Crippen LogP contribution >= 0.6 is 0 Å². The molecule has 1 aliphatic rings. The van der Waals surface area contributed by atoms with Gasteiger partial charge < -0.3 is 4.74 Å². The zero-order valence-corrected chi connectivity index (χ0v) is 10.5. The average Bonchev–Trinajstić information content (AvgIpc) is 2.68. The monoisotopic (exact) mass is 253 g/mol. The van der Waals surface area contributed by atoms with Crippen LogP contribution in [0.2, 0.25) is 0 Å². The van der Waals surface area contributed by atoms with E-state index < -0.39 is 27.5 Å². The summed E-state index contributed by atoms with van der Waals surface area (Å²) in [6, 6.07) is 0. The molecule has 7 nitrogen and oxygen atoms in total. The molecule has 0 aliphatic carbocycles. The molecule has 0 aromatic heterocycles. The lowest BCUT2D eigenvalue weighted by atomic mass is 9.90. The van der Waals surface area contributed by atoms with Crippen molar-refractivity contribution < 1.29 is 19.2 Å². The standard InChI is InChI=1S/C11H13N2O5/c1-10(2,3)7-5-8(13(16)17)11(6-14,12-7)9(15)18-4/h5H,1-4H3. The largest absolute Gasteiger partial charge is 0.466 e. The molecule has 1 unspecified atom stereocenters. The lowest BCUT2D eigenvalue weighted by Crippen LogP contribution is -2.42. The number of nitro groups is 1. The second kappa shape index (κ2) is 4.32. The molecule has 1 rings (SSSR count). The molecule has 0 bridgehead atoms. The summed E-state index contributed by atoms with van der Waals surface area (Å²) in [6.45, 7) is 5.29. The number of nitrogens with zero attached hydrogens (tertiary/aromatic N) is 2. The molecule has 0 amide bonds. The van der Waals surface area contributed by atoms with Gasteiger partial charge in [0.2, 0.25) is 0 Å². The lowest BCUT2D eigenvalue weighted by Gasteiger charge is -2.17. The van der Waals surface area contributed by atoms with Gasteiger partial charge in [0.1, 0.15) is 0 Å². The van der Waals surface area contributed by atoms with Crippen molar-refractivity contribution in [1.82, 2.24) is 0 Å². The second-order valence-corrected chi connectivity index (χ2v) is 4.84. The van der Waals surface area contributed by atoms with Crippen LogP contribution in [0.15, 0.2) is 16.8 Å². The summed E-state index contributed by atoms with van der Waals surface area (Å²) in [5.74, 6) is -1.11. The summed E-state index contributed by atoms with van der Waals surface area (Å²) < 4.78 is 4.42. The number of carbonyl (C=O) groups is 1. The second-order valence-electron chi connectivity index (χ2n) is 4.84. The number of aliphatic imine (C=N–C) groups is 1. The molecule has 97 valence electrons. The molecule has 0 saturated carbocycles. The zero-order valence-electron chi connectivity index (χ0n) is 10.5. The summed E-state index contributed by atoms with van der Waals surface area (Å²) >= 11 is 0. The fourth-order valence-corrected chi connectivity index (χ4v) is 1.49. The number of rotatable bonds is 3. The lowest BCUT2D eigenvalue weighted by molar-refractivity contribution is -0.430. The molecule has 0 saturated heterocycles. The minimum atomic E-state index is -2.30. The van der Waals surface area contributed by atoms with Crippen molar-refractivity contribution in [1.29, 1.82) is 0 Å². The minimum absolute atomic E-state index is 0.281. The molecule has 0 aromatic rings. The van der Waals surface area contributed by atoms with Crippen molar-refractivity contribution in [3.05, 3.63) is 21.9 Å². The van der Waals surface area contributed by atoms with Crippen molar-refractivity contribution in [3.8, 4) is 0 Å². The highest BCUT2D eigenvalue weighted by molar-refractivity contribution is 6.13. The Bertz CT molecular complexity index is 472. The summed E-state index contributed by atoms with van der Waals surface area (Å²) in [7, 11) is 1.03. The van der Waals surface area contributed by atoms with E-state index in [9.17, 15) is 19.7 Å². The molecule has 0 N–H and O–H groups in total. The Balaban J connectivity index is 3.46. The van der Waals surface area contributed by atoms with Crippen molar-refractivity contribution in [2.75, 3.05) is 7.11 Å². The van der Waals surface area contributed by atoms with Crippen LogP contribution in [-0.2, 0) is 14.3 Å². The summed E-state index contributed by atoms with van der Waals surface area (Å²) in [4.78, 5) is 36.7. The van der Waals surface area contributed by atoms with Crippen molar-refractivity contribution >= 4 is 18.0 Å². The maximum absolute atomic E-state index is 11.6. The van der Waals surface area contributed by atoms with Crippen LogP contribution in [-0.4, -0.2) is 35.5 Å². The maximum Gasteiger partial charge on any atom is 0.353 e. The number of ether oxygens (including phenoxy) is 1. The van der Waals surface area contributed by atoms with Gasteiger partial charge in [-0.25, -0.2) is 4.79 Å². The van der Waals surface area contributed by atoms with Crippen LogP contribution in [0.5, 0.6) is 0 Å². The Kier molecular flexibility index (Phi) is 3.36. The third-order valence-corrected chi connectivity index (χ3v) is 2.53. The van der Waals surface area contributed by atoms with Gasteiger partial charge in [0.05, 0.1) is 12.0 Å². The highest BCUT2D eigenvalue weighted by atomic mass is 16.6. The van der Waals surface area contributed by atoms with Gasteiger partial charge >= 0.3 is 11.5 Å². The van der Waals surface area contributed by atoms with Gasteiger partial charge in [0.25, 0.3) is 12.0 Å². The van der Waals surface area contributed by atoms with E-state index >= 15 is 0 Å². The topological polar surface area (TPSA) is 98.9 Å². The van der Waals surface area contributed by atoms with E-state index in [1.807, 2.05) is 0 Å². The van der Waals surface area contributed by atoms with Crippen LogP contribution in [0.25, 0.3) is 0 Å². The smallest absolute Gasteiger partial charge is 0.353 e. The predicted octanol–water partition coefficient (Wildman–Crippen LogP) is 0.669. The molecule has 0 aromatic carbocycles. The Morgan fingerprint density at radius 1 is 1.56 bits per heavy atom. The number of hydrogen-bond donors (Lipinski definition) is 0. The van der Waals surface area contributed by atoms with E-state index in [0.717, 1.165) is 13.2 Å². The number of esters is 1. The maximum atomic E-state index is 11.6. The number of carbonyl (C=O) groups excluding carboxylic acids is 2. The zero-order chi connectivity index (χ0) is 14.1. The number of hydrogen-bond acceptors (Lipinski definition) is 6. The van der Waals surface area contributed by atoms with E-state index in [4.69, 9.17) is 0 Å². The van der Waals surface area contributed by atoms with E-state index in [0.29, 0.717) is 0 Å². The highest BCUT2D eigenvalue weighted by Gasteiger charge is 2.56. The SMILES string of the molecule is COC(=O)C1([C]=O)N=C(C(C)(C)C)C=C1[N+](=O)[O-]. The Labute approximate surface area is 104 Å². The first kappa shape index (κ1) is 14.0. The molecule has 1 heterocycles. The van der Waals surface area contributed by atoms with E-state index in [-0.39, 0.29) is 5.71 Å². The first-order chi connectivity index (χ1) is 8.19. The third kappa shape index (κ3) is 2.03. The molecule has 18 heavy (non-hydrogen) atoms. The fourth-order valence-electron chi connectivity index (χ4n) is 1.49. The van der Waals surface area contributed by atoms with Gasteiger partial charge in [-0.05, 0) is 0 Å². The molecule has 7 heteroatoms. The van der Waals surface area contributed by atoms with Crippen LogP contribution in [0.4, 0.5) is 0 Å². The van der Waals surface area contributed by atoms with E-state index in [1.165, 1.54) is 6.29 Å². The van der Waals surface area contributed by atoms with Gasteiger partial charge in [-0.3, -0.25) is 19.9 Å². The van der Waals surface area contributed by atoms with E-state index in [1.54, 1.807) is 20.8 Å². The fraction of sp³-hybridized carbons (Fsp3) is 0.545. The van der Waals surface area contributed by atoms with Gasteiger partial charge in [0.15, 0.2) is 0 Å². The first-order valence-electron chi connectivity index (χ1n) is 5.13. The Morgan fingerprint density at radius 3 is 2.44 bits per heavy atom. The van der Waals surface area contributed by atoms with Crippen LogP contribution in [0.3, 0.4) is 0 Å². The first-order valence-corrected chi connectivity index (χ1v) is 5.13. The highest BCUT2D eigenvalue weighted by Crippen LogP contribution is 2.33. The average molecular weight is 253 g/mol. The minimum Gasteiger partial charge on any atom is -0.466 e. The molecular weight excluding hydrogens is 240 g/mol. The van der Waals surface area contributed by atoms with Gasteiger partial charge in [-0.2, -0.15) is 0 Å². The number of methoxy groups -OCH3 is 1. The normalized spacial score (nSPS) is 23.1. The van der Waals surface area contributed by atoms with Crippen LogP contribution in [0.1, 0.15) is 20.8 Å². The molecule has 0 fully saturated rings. The predicted molar refractivity (Wildman–Crippen MR) is 62.4 cm³/mol. The summed E-state index contributed by atoms with van der Waals surface area (Å²) in [5.41, 5.74) is -3.19. The molecule has 1 radical (unpaired) electrons. The molecule has 1 atom stereocenters. The van der Waals surface area contributed by atoms with Crippen molar-refractivity contribution in [2.24, 2.45) is 10.4 Å². The van der Waals surface area contributed by atoms with Gasteiger partial charge in [-0.15, -0.1) is 0 Å². The van der Waals surface area contributed by atoms with E-state index in [2.05, 4.69) is 9.73 Å². The molecule has 1 aliphatic heterocycles. The van der Waals surface area contributed by atoms with Crippen LogP contribution in [0, 0.1) is 15.5 Å². The van der Waals surface area contributed by atoms with Crippen molar-refractivity contribution in [3.63, 3.8) is 0 Å². The molecular formula is C11H13N2O5. The van der Waals surface area contributed by atoms with Gasteiger partial charge in [-0.1, -0.05) is 20.8 Å². The van der Waals surface area contributed by atoms with Gasteiger partial charge in [0, 0.05) is 17.2 Å². The molecule has 0 spiro atoms. The quantitative estimate of drug-likeness (QED) is 0.318.